The van der Waals surface area contributed by atoms with E-state index in [2.05, 4.69) is 50.4 Å². The van der Waals surface area contributed by atoms with E-state index in [9.17, 15) is 0 Å². The summed E-state index contributed by atoms with van der Waals surface area (Å²) >= 11 is 0. The molecular weight excluding hydrogens is 234 g/mol. The largest absolute Gasteiger partial charge is 0.494 e. The zero-order valence-electron chi connectivity index (χ0n) is 12.5. The average molecular weight is 261 g/mol. The van der Waals surface area contributed by atoms with Crippen LogP contribution in [0.5, 0.6) is 5.75 Å². The van der Waals surface area contributed by atoms with Crippen molar-refractivity contribution in [1.29, 1.82) is 0 Å². The van der Waals surface area contributed by atoms with Crippen LogP contribution in [0.4, 0.5) is 0 Å². The van der Waals surface area contributed by atoms with Crippen molar-refractivity contribution in [2.45, 2.75) is 52.0 Å². The fourth-order valence-electron chi connectivity index (χ4n) is 3.36. The van der Waals surface area contributed by atoms with E-state index in [0.717, 1.165) is 31.2 Å². The summed E-state index contributed by atoms with van der Waals surface area (Å²) in [6, 6.07) is 8.49. The molecule has 1 aliphatic rings. The second kappa shape index (κ2) is 6.42. The van der Waals surface area contributed by atoms with Gasteiger partial charge in [-0.05, 0) is 56.7 Å². The average Bonchev–Trinajstić information content (AvgIpc) is 2.79. The summed E-state index contributed by atoms with van der Waals surface area (Å²) < 4.78 is 5.77. The Morgan fingerprint density at radius 2 is 2.11 bits per heavy atom. The van der Waals surface area contributed by atoms with E-state index in [4.69, 9.17) is 4.74 Å². The Kier molecular flexibility index (Phi) is 4.87. The molecule has 1 unspecified atom stereocenters. The van der Waals surface area contributed by atoms with Gasteiger partial charge in [0.25, 0.3) is 0 Å². The van der Waals surface area contributed by atoms with Crippen LogP contribution in [0, 0.1) is 5.92 Å². The van der Waals surface area contributed by atoms with Crippen LogP contribution in [0.1, 0.15) is 45.6 Å². The fourth-order valence-corrected chi connectivity index (χ4v) is 3.36. The zero-order valence-corrected chi connectivity index (χ0v) is 12.5. The summed E-state index contributed by atoms with van der Waals surface area (Å²) in [5.41, 5.74) is 1.63. The number of benzene rings is 1. The first-order valence-corrected chi connectivity index (χ1v) is 7.61. The zero-order chi connectivity index (χ0) is 13.7. The van der Waals surface area contributed by atoms with Crippen LogP contribution in [-0.2, 0) is 6.42 Å². The molecule has 2 nitrogen and oxygen atoms in total. The van der Waals surface area contributed by atoms with Gasteiger partial charge in [0.2, 0.25) is 0 Å². The number of rotatable bonds is 6. The highest BCUT2D eigenvalue weighted by molar-refractivity contribution is 5.35. The maximum absolute atomic E-state index is 5.77. The molecule has 0 bridgehead atoms. The Hall–Kier alpha value is -1.02. The number of para-hydroxylation sites is 1. The molecule has 0 saturated carbocycles. The van der Waals surface area contributed by atoms with Gasteiger partial charge >= 0.3 is 0 Å². The van der Waals surface area contributed by atoms with Crippen LogP contribution in [0.2, 0.25) is 0 Å². The maximum Gasteiger partial charge on any atom is 0.122 e. The molecule has 0 aliphatic carbocycles. The summed E-state index contributed by atoms with van der Waals surface area (Å²) in [5.74, 6) is 1.78. The second-order valence-electron chi connectivity index (χ2n) is 6.13. The Balaban J connectivity index is 2.17. The second-order valence-corrected chi connectivity index (χ2v) is 6.13. The van der Waals surface area contributed by atoms with Gasteiger partial charge in [-0.15, -0.1) is 0 Å². The molecule has 2 heteroatoms. The molecule has 1 saturated heterocycles. The summed E-state index contributed by atoms with van der Waals surface area (Å²) in [7, 11) is 0. The van der Waals surface area contributed by atoms with E-state index in [0.29, 0.717) is 0 Å². The lowest BCUT2D eigenvalue weighted by Crippen LogP contribution is -2.43. The lowest BCUT2D eigenvalue weighted by Gasteiger charge is -2.32. The molecule has 1 atom stereocenters. The quantitative estimate of drug-likeness (QED) is 0.841. The van der Waals surface area contributed by atoms with Gasteiger partial charge in [-0.3, -0.25) is 0 Å². The van der Waals surface area contributed by atoms with E-state index in [-0.39, 0.29) is 5.54 Å². The van der Waals surface area contributed by atoms with Crippen LogP contribution < -0.4 is 10.1 Å². The Labute approximate surface area is 117 Å². The molecule has 2 rings (SSSR count). The third kappa shape index (κ3) is 3.73. The van der Waals surface area contributed by atoms with E-state index >= 15 is 0 Å². The van der Waals surface area contributed by atoms with Gasteiger partial charge in [0.1, 0.15) is 5.75 Å². The van der Waals surface area contributed by atoms with Crippen molar-refractivity contribution in [2.24, 2.45) is 5.92 Å². The summed E-state index contributed by atoms with van der Waals surface area (Å²) in [4.78, 5) is 0. The molecule has 1 aromatic rings. The van der Waals surface area contributed by atoms with Crippen molar-refractivity contribution in [1.82, 2.24) is 5.32 Å². The van der Waals surface area contributed by atoms with Crippen LogP contribution in [0.3, 0.4) is 0 Å². The highest BCUT2D eigenvalue weighted by Crippen LogP contribution is 2.33. The predicted molar refractivity (Wildman–Crippen MR) is 80.7 cm³/mol. The van der Waals surface area contributed by atoms with Gasteiger partial charge in [-0.25, -0.2) is 0 Å². The topological polar surface area (TPSA) is 21.3 Å². The van der Waals surface area contributed by atoms with Crippen molar-refractivity contribution in [3.8, 4) is 5.75 Å². The van der Waals surface area contributed by atoms with Gasteiger partial charge in [-0.2, -0.15) is 0 Å². The molecule has 1 fully saturated rings. The number of hydrogen-bond acceptors (Lipinski definition) is 2. The number of nitrogens with one attached hydrogen (secondary N) is 1. The fraction of sp³-hybridized carbons (Fsp3) is 0.647. The molecule has 1 heterocycles. The smallest absolute Gasteiger partial charge is 0.122 e. The normalized spacial score (nSPS) is 22.9. The van der Waals surface area contributed by atoms with Crippen LogP contribution in [0.15, 0.2) is 24.3 Å². The van der Waals surface area contributed by atoms with E-state index in [1.165, 1.54) is 24.8 Å². The van der Waals surface area contributed by atoms with Gasteiger partial charge in [0, 0.05) is 5.54 Å². The molecule has 0 spiro atoms. The highest BCUT2D eigenvalue weighted by Gasteiger charge is 2.34. The summed E-state index contributed by atoms with van der Waals surface area (Å²) in [5, 5.41) is 3.76. The summed E-state index contributed by atoms with van der Waals surface area (Å²) in [6.07, 6.45) is 4.91. The molecule has 0 radical (unpaired) electrons. The highest BCUT2D eigenvalue weighted by atomic mass is 16.5. The van der Waals surface area contributed by atoms with E-state index in [1.54, 1.807) is 0 Å². The van der Waals surface area contributed by atoms with Crippen LogP contribution in [0.25, 0.3) is 0 Å². The first-order valence-electron chi connectivity index (χ1n) is 7.61. The molecule has 0 aromatic heterocycles. The molecule has 19 heavy (non-hydrogen) atoms. The Bertz CT molecular complexity index is 394. The van der Waals surface area contributed by atoms with Crippen molar-refractivity contribution in [2.75, 3.05) is 13.2 Å². The SMILES string of the molecule is CCOc1ccccc1CC1(CC(C)C)CCCN1. The van der Waals surface area contributed by atoms with Crippen LogP contribution >= 0.6 is 0 Å². The molecule has 1 aliphatic heterocycles. The molecule has 1 aromatic carbocycles. The van der Waals surface area contributed by atoms with Crippen molar-refractivity contribution in [3.05, 3.63) is 29.8 Å². The van der Waals surface area contributed by atoms with Crippen molar-refractivity contribution < 1.29 is 4.74 Å². The predicted octanol–water partition coefficient (Wildman–Crippen LogP) is 3.80. The lowest BCUT2D eigenvalue weighted by molar-refractivity contribution is 0.291. The minimum absolute atomic E-state index is 0.279. The van der Waals surface area contributed by atoms with Crippen LogP contribution in [-0.4, -0.2) is 18.7 Å². The molecule has 106 valence electrons. The monoisotopic (exact) mass is 261 g/mol. The molecular formula is C17H27NO. The lowest BCUT2D eigenvalue weighted by atomic mass is 9.82. The van der Waals surface area contributed by atoms with E-state index in [1.807, 2.05) is 0 Å². The number of ether oxygens (including phenoxy) is 1. The maximum atomic E-state index is 5.77. The standard InChI is InChI=1S/C17H27NO/c1-4-19-16-9-6-5-8-15(16)13-17(12-14(2)3)10-7-11-18-17/h5-6,8-9,14,18H,4,7,10-13H2,1-3H3. The first kappa shape index (κ1) is 14.4. The Morgan fingerprint density at radius 1 is 1.32 bits per heavy atom. The van der Waals surface area contributed by atoms with Crippen molar-refractivity contribution in [3.63, 3.8) is 0 Å². The van der Waals surface area contributed by atoms with Crippen molar-refractivity contribution >= 4 is 0 Å². The third-order valence-electron chi connectivity index (χ3n) is 3.93. The molecule has 0 amide bonds. The third-order valence-corrected chi connectivity index (χ3v) is 3.93. The first-order chi connectivity index (χ1) is 9.15. The molecule has 1 N–H and O–H groups in total. The van der Waals surface area contributed by atoms with Gasteiger partial charge in [0.05, 0.1) is 6.61 Å². The Morgan fingerprint density at radius 3 is 2.74 bits per heavy atom. The van der Waals surface area contributed by atoms with Gasteiger partial charge in [0.15, 0.2) is 0 Å². The minimum atomic E-state index is 0.279. The minimum Gasteiger partial charge on any atom is -0.494 e. The number of hydrogen-bond donors (Lipinski definition) is 1. The summed E-state index contributed by atoms with van der Waals surface area (Å²) in [6.45, 7) is 8.58. The van der Waals surface area contributed by atoms with E-state index < -0.39 is 0 Å². The van der Waals surface area contributed by atoms with Gasteiger partial charge < -0.3 is 10.1 Å². The van der Waals surface area contributed by atoms with Gasteiger partial charge in [-0.1, -0.05) is 32.0 Å².